The Morgan fingerprint density at radius 1 is 1.05 bits per heavy atom. The molecule has 0 radical (unpaired) electrons. The van der Waals surface area contributed by atoms with Crippen LogP contribution in [0.4, 0.5) is 18.9 Å². The van der Waals surface area contributed by atoms with Gasteiger partial charge < -0.3 is 15.5 Å². The molecule has 0 aliphatic heterocycles. The number of hydrogen-bond acceptors (Lipinski definition) is 3. The fourth-order valence-corrected chi connectivity index (χ4v) is 2.02. The van der Waals surface area contributed by atoms with Crippen molar-refractivity contribution >= 4 is 22.9 Å². The normalized spacial score (nSPS) is 11.2. The monoisotopic (exact) mass is 313 g/mol. The number of aromatic hydroxyl groups is 2. The number of alkyl halides is 3. The number of phenols is 2. The summed E-state index contributed by atoms with van der Waals surface area (Å²) in [5.41, 5.74) is -0.937. The van der Waals surface area contributed by atoms with Gasteiger partial charge in [-0.05, 0) is 24.3 Å². The maximum Gasteiger partial charge on any atom is 0.418 e. The molecule has 2 aromatic carbocycles. The van der Waals surface area contributed by atoms with E-state index in [0.29, 0.717) is 0 Å². The lowest BCUT2D eigenvalue weighted by atomic mass is 10.1. The van der Waals surface area contributed by atoms with Crippen LogP contribution in [0.1, 0.15) is 11.1 Å². The molecule has 0 bridgehead atoms. The minimum absolute atomic E-state index is 0.0794. The third-order valence-electron chi connectivity index (χ3n) is 2.71. The molecule has 0 aliphatic rings. The van der Waals surface area contributed by atoms with Crippen LogP contribution in [0.3, 0.4) is 0 Å². The van der Waals surface area contributed by atoms with E-state index in [0.717, 1.165) is 12.1 Å². The number of para-hydroxylation sites is 1. The van der Waals surface area contributed by atoms with E-state index in [4.69, 9.17) is 12.2 Å². The second kappa shape index (κ2) is 5.61. The molecule has 7 heteroatoms. The Hall–Kier alpha value is -2.28. The number of halogens is 3. The van der Waals surface area contributed by atoms with Crippen molar-refractivity contribution < 1.29 is 23.4 Å². The topological polar surface area (TPSA) is 52.5 Å². The highest BCUT2D eigenvalue weighted by molar-refractivity contribution is 7.81. The number of anilines is 1. The average Bonchev–Trinajstić information content (AvgIpc) is 2.37. The van der Waals surface area contributed by atoms with Crippen molar-refractivity contribution in [3.8, 4) is 11.5 Å². The average molecular weight is 313 g/mol. The Balaban J connectivity index is 2.32. The van der Waals surface area contributed by atoms with Gasteiger partial charge in [-0.15, -0.1) is 0 Å². The third kappa shape index (κ3) is 3.43. The Morgan fingerprint density at radius 2 is 1.71 bits per heavy atom. The standard InChI is InChI=1S/C14H10F3NO2S/c15-14(16,17)10-3-1-2-4-11(10)18-13(21)9-6-5-8(19)7-12(9)20/h1-7,19-20H,(H,18,21). The van der Waals surface area contributed by atoms with Gasteiger partial charge in [-0.1, -0.05) is 24.4 Å². The number of nitrogens with one attached hydrogen (secondary N) is 1. The Labute approximate surface area is 123 Å². The van der Waals surface area contributed by atoms with Crippen LogP contribution in [0.2, 0.25) is 0 Å². The maximum atomic E-state index is 12.9. The Bertz CT molecular complexity index is 686. The quantitative estimate of drug-likeness (QED) is 0.736. The van der Waals surface area contributed by atoms with Gasteiger partial charge in [-0.25, -0.2) is 0 Å². The highest BCUT2D eigenvalue weighted by Crippen LogP contribution is 2.35. The summed E-state index contributed by atoms with van der Waals surface area (Å²) in [4.78, 5) is -0.0794. The highest BCUT2D eigenvalue weighted by atomic mass is 32.1. The van der Waals surface area contributed by atoms with E-state index in [9.17, 15) is 23.4 Å². The van der Waals surface area contributed by atoms with Gasteiger partial charge in [0.15, 0.2) is 0 Å². The molecule has 0 saturated carbocycles. The summed E-state index contributed by atoms with van der Waals surface area (Å²) in [7, 11) is 0. The molecule has 3 nitrogen and oxygen atoms in total. The summed E-state index contributed by atoms with van der Waals surface area (Å²) in [6.07, 6.45) is -4.52. The minimum Gasteiger partial charge on any atom is -0.508 e. The summed E-state index contributed by atoms with van der Waals surface area (Å²) >= 11 is 5.00. The molecule has 0 unspecified atom stereocenters. The molecule has 0 atom stereocenters. The maximum absolute atomic E-state index is 12.9. The van der Waals surface area contributed by atoms with Crippen LogP contribution in [0.15, 0.2) is 42.5 Å². The van der Waals surface area contributed by atoms with Crippen molar-refractivity contribution in [2.24, 2.45) is 0 Å². The lowest BCUT2D eigenvalue weighted by Crippen LogP contribution is -2.15. The predicted molar refractivity (Wildman–Crippen MR) is 76.5 cm³/mol. The lowest BCUT2D eigenvalue weighted by molar-refractivity contribution is -0.136. The number of thiocarbonyl (C=S) groups is 1. The zero-order chi connectivity index (χ0) is 15.6. The van der Waals surface area contributed by atoms with E-state index in [1.807, 2.05) is 0 Å². The molecule has 0 saturated heterocycles. The molecular weight excluding hydrogens is 303 g/mol. The smallest absolute Gasteiger partial charge is 0.418 e. The van der Waals surface area contributed by atoms with E-state index in [2.05, 4.69) is 5.32 Å². The molecule has 0 heterocycles. The first-order chi connectivity index (χ1) is 9.79. The van der Waals surface area contributed by atoms with Crippen molar-refractivity contribution in [3.05, 3.63) is 53.6 Å². The van der Waals surface area contributed by atoms with E-state index in [1.54, 1.807) is 0 Å². The first kappa shape index (κ1) is 15.1. The van der Waals surface area contributed by atoms with Crippen LogP contribution >= 0.6 is 12.2 Å². The van der Waals surface area contributed by atoms with Gasteiger partial charge in [-0.2, -0.15) is 13.2 Å². The van der Waals surface area contributed by atoms with Crippen molar-refractivity contribution in [2.75, 3.05) is 5.32 Å². The van der Waals surface area contributed by atoms with Crippen molar-refractivity contribution in [1.82, 2.24) is 0 Å². The van der Waals surface area contributed by atoms with E-state index in [-0.39, 0.29) is 27.7 Å². The predicted octanol–water partition coefficient (Wildman–Crippen LogP) is 3.90. The summed E-state index contributed by atoms with van der Waals surface area (Å²) in [6.45, 7) is 0. The highest BCUT2D eigenvalue weighted by Gasteiger charge is 2.33. The minimum atomic E-state index is -4.52. The molecule has 21 heavy (non-hydrogen) atoms. The number of benzene rings is 2. The molecule has 110 valence electrons. The second-order valence-electron chi connectivity index (χ2n) is 4.20. The summed E-state index contributed by atoms with van der Waals surface area (Å²) in [6, 6.07) is 8.54. The second-order valence-corrected chi connectivity index (χ2v) is 4.61. The molecule has 0 spiro atoms. The molecular formula is C14H10F3NO2S. The molecule has 2 aromatic rings. The zero-order valence-electron chi connectivity index (χ0n) is 10.5. The summed E-state index contributed by atoms with van der Waals surface area (Å²) in [5.74, 6) is -0.494. The van der Waals surface area contributed by atoms with Gasteiger partial charge >= 0.3 is 6.18 Å². The van der Waals surface area contributed by atoms with Crippen LogP contribution in [-0.4, -0.2) is 15.2 Å². The number of phenolic OH excluding ortho intramolecular Hbond substituents is 2. The number of hydrogen-bond donors (Lipinski definition) is 3. The van der Waals surface area contributed by atoms with Crippen LogP contribution in [0.5, 0.6) is 11.5 Å². The Morgan fingerprint density at radius 3 is 2.33 bits per heavy atom. The van der Waals surface area contributed by atoms with E-state index in [1.165, 1.54) is 30.3 Å². The fraction of sp³-hybridized carbons (Fsp3) is 0.0714. The molecule has 0 aromatic heterocycles. The molecule has 3 N–H and O–H groups in total. The van der Waals surface area contributed by atoms with Crippen LogP contribution in [0.25, 0.3) is 0 Å². The first-order valence-corrected chi connectivity index (χ1v) is 6.19. The van der Waals surface area contributed by atoms with Gasteiger partial charge in [0.2, 0.25) is 0 Å². The molecule has 2 rings (SSSR count). The number of rotatable bonds is 2. The van der Waals surface area contributed by atoms with Gasteiger partial charge in [0.1, 0.15) is 16.5 Å². The van der Waals surface area contributed by atoms with E-state index < -0.39 is 11.7 Å². The van der Waals surface area contributed by atoms with Crippen molar-refractivity contribution in [2.45, 2.75) is 6.18 Å². The fourth-order valence-electron chi connectivity index (χ4n) is 1.74. The van der Waals surface area contributed by atoms with Gasteiger partial charge in [0.05, 0.1) is 16.8 Å². The lowest BCUT2D eigenvalue weighted by Gasteiger charge is -2.15. The zero-order valence-corrected chi connectivity index (χ0v) is 11.3. The van der Waals surface area contributed by atoms with Gasteiger partial charge in [0.25, 0.3) is 0 Å². The van der Waals surface area contributed by atoms with Gasteiger partial charge in [0, 0.05) is 6.07 Å². The van der Waals surface area contributed by atoms with Crippen LogP contribution in [0, 0.1) is 0 Å². The Kier molecular flexibility index (Phi) is 4.04. The van der Waals surface area contributed by atoms with Crippen LogP contribution in [-0.2, 0) is 6.18 Å². The summed E-state index contributed by atoms with van der Waals surface area (Å²) in [5, 5.41) is 21.3. The van der Waals surface area contributed by atoms with Crippen molar-refractivity contribution in [1.29, 1.82) is 0 Å². The van der Waals surface area contributed by atoms with Gasteiger partial charge in [-0.3, -0.25) is 0 Å². The molecule has 0 amide bonds. The van der Waals surface area contributed by atoms with Crippen LogP contribution < -0.4 is 5.32 Å². The van der Waals surface area contributed by atoms with E-state index >= 15 is 0 Å². The largest absolute Gasteiger partial charge is 0.508 e. The SMILES string of the molecule is Oc1ccc(C(=S)Nc2ccccc2C(F)(F)F)c(O)c1. The molecule has 0 fully saturated rings. The molecule has 0 aliphatic carbocycles. The van der Waals surface area contributed by atoms with Crippen molar-refractivity contribution in [3.63, 3.8) is 0 Å². The summed E-state index contributed by atoms with van der Waals surface area (Å²) < 4.78 is 38.6. The third-order valence-corrected chi connectivity index (χ3v) is 3.03. The first-order valence-electron chi connectivity index (χ1n) is 5.78.